The average Bonchev–Trinajstić information content (AvgIpc) is 2.97. The molecule has 1 amide bonds. The summed E-state index contributed by atoms with van der Waals surface area (Å²) in [6, 6.07) is 12.5. The number of likely N-dealkylation sites (tertiary alicyclic amines) is 1. The molecular weight excluding hydrogens is 516 g/mol. The number of ether oxygens (including phenoxy) is 2. The lowest BCUT2D eigenvalue weighted by Crippen LogP contribution is -2.41. The molecule has 8 nitrogen and oxygen atoms in total. The summed E-state index contributed by atoms with van der Waals surface area (Å²) in [6.07, 6.45) is 4.34. The lowest BCUT2D eigenvalue weighted by molar-refractivity contribution is -0.126. The number of nitrogens with one attached hydrogen (secondary N) is 2. The lowest BCUT2D eigenvalue weighted by Gasteiger charge is -2.32. The Balaban J connectivity index is 1.46. The second kappa shape index (κ2) is 11.6. The molecule has 1 aliphatic rings. The van der Waals surface area contributed by atoms with Crippen molar-refractivity contribution in [3.63, 3.8) is 0 Å². The predicted molar refractivity (Wildman–Crippen MR) is 151 cm³/mol. The number of halogens is 2. The molecule has 0 saturated carbocycles. The van der Waals surface area contributed by atoms with Crippen LogP contribution in [-0.2, 0) is 4.79 Å². The zero-order chi connectivity index (χ0) is 28.2. The Morgan fingerprint density at radius 3 is 2.48 bits per heavy atom. The monoisotopic (exact) mass is 545 g/mol. The summed E-state index contributed by atoms with van der Waals surface area (Å²) in [5.41, 5.74) is 2.79. The fourth-order valence-corrected chi connectivity index (χ4v) is 4.88. The number of anilines is 3. The summed E-state index contributed by atoms with van der Waals surface area (Å²) in [4.78, 5) is 22.6. The summed E-state index contributed by atoms with van der Waals surface area (Å²) in [7, 11) is 3.14. The van der Waals surface area contributed by atoms with E-state index in [1.165, 1.54) is 31.6 Å². The first-order valence-corrected chi connectivity index (χ1v) is 12.8. The SMILES string of the molecule is C=CC(=O)N1CCC(Nc2cc3c(Nc4cc(-c5ccc(F)cc5F)ccc4OC)ncnc3cc2OC)CC1. The molecule has 3 aromatic carbocycles. The number of hydrogen-bond donors (Lipinski definition) is 2. The highest BCUT2D eigenvalue weighted by Crippen LogP contribution is 2.37. The Hall–Kier alpha value is -4.73. The number of nitrogens with zero attached hydrogens (tertiary/aromatic N) is 3. The van der Waals surface area contributed by atoms with Crippen LogP contribution in [0, 0.1) is 11.6 Å². The molecule has 2 N–H and O–H groups in total. The number of carbonyl (C=O) groups excluding carboxylic acids is 1. The highest BCUT2D eigenvalue weighted by atomic mass is 19.1. The molecule has 0 bridgehead atoms. The van der Waals surface area contributed by atoms with Gasteiger partial charge >= 0.3 is 0 Å². The molecule has 0 radical (unpaired) electrons. The minimum Gasteiger partial charge on any atom is -0.495 e. The molecule has 1 aromatic heterocycles. The zero-order valence-electron chi connectivity index (χ0n) is 22.2. The van der Waals surface area contributed by atoms with E-state index in [1.54, 1.807) is 30.2 Å². The standard InChI is InChI=1S/C30H29F2N5O3/c1-4-29(38)37-11-9-20(10-12-37)35-26-15-22-24(16-28(26)40-3)33-17-34-30(22)36-25-13-18(5-8-27(25)39-2)21-7-6-19(31)14-23(21)32/h4-8,13-17,20,35H,1,9-12H2,2-3H3,(H,33,34,36). The fourth-order valence-electron chi connectivity index (χ4n) is 4.88. The Morgan fingerprint density at radius 1 is 1.00 bits per heavy atom. The number of aromatic nitrogens is 2. The van der Waals surface area contributed by atoms with Gasteiger partial charge in [-0.15, -0.1) is 0 Å². The van der Waals surface area contributed by atoms with Crippen molar-refractivity contribution in [2.24, 2.45) is 0 Å². The molecule has 2 heterocycles. The van der Waals surface area contributed by atoms with E-state index in [-0.39, 0.29) is 17.5 Å². The fraction of sp³-hybridized carbons (Fsp3) is 0.233. The molecule has 0 aliphatic carbocycles. The van der Waals surface area contributed by atoms with Crippen molar-refractivity contribution >= 4 is 34.0 Å². The van der Waals surface area contributed by atoms with Crippen LogP contribution in [0.3, 0.4) is 0 Å². The largest absolute Gasteiger partial charge is 0.495 e. The van der Waals surface area contributed by atoms with Gasteiger partial charge in [0.1, 0.15) is 35.3 Å². The second-order valence-electron chi connectivity index (χ2n) is 9.40. The number of amides is 1. The van der Waals surface area contributed by atoms with E-state index in [0.717, 1.165) is 30.0 Å². The minimum atomic E-state index is -0.661. The molecule has 1 saturated heterocycles. The van der Waals surface area contributed by atoms with Gasteiger partial charge in [-0.3, -0.25) is 4.79 Å². The van der Waals surface area contributed by atoms with Gasteiger partial charge in [0.05, 0.1) is 31.1 Å². The second-order valence-corrected chi connectivity index (χ2v) is 9.40. The van der Waals surface area contributed by atoms with Crippen molar-refractivity contribution in [2.75, 3.05) is 37.9 Å². The van der Waals surface area contributed by atoms with Crippen LogP contribution in [0.5, 0.6) is 11.5 Å². The van der Waals surface area contributed by atoms with Crippen LogP contribution in [0.15, 0.2) is 67.5 Å². The first-order chi connectivity index (χ1) is 19.4. The number of benzene rings is 3. The number of rotatable bonds is 8. The van der Waals surface area contributed by atoms with E-state index in [0.29, 0.717) is 47.2 Å². The maximum Gasteiger partial charge on any atom is 0.245 e. The summed E-state index contributed by atoms with van der Waals surface area (Å²) in [5.74, 6) is 0.301. The van der Waals surface area contributed by atoms with Crippen LogP contribution in [0.4, 0.5) is 26.0 Å². The van der Waals surface area contributed by atoms with Gasteiger partial charge in [-0.25, -0.2) is 18.7 Å². The normalized spacial score (nSPS) is 13.7. The third-order valence-corrected chi connectivity index (χ3v) is 6.99. The van der Waals surface area contributed by atoms with E-state index >= 15 is 0 Å². The van der Waals surface area contributed by atoms with Crippen molar-refractivity contribution in [2.45, 2.75) is 18.9 Å². The molecule has 4 aromatic rings. The van der Waals surface area contributed by atoms with E-state index in [4.69, 9.17) is 9.47 Å². The van der Waals surface area contributed by atoms with E-state index in [1.807, 2.05) is 12.1 Å². The Kier molecular flexibility index (Phi) is 7.77. The third kappa shape index (κ3) is 5.51. The molecule has 0 atom stereocenters. The molecule has 206 valence electrons. The summed E-state index contributed by atoms with van der Waals surface area (Å²) < 4.78 is 39.2. The van der Waals surface area contributed by atoms with Gasteiger partial charge in [-0.1, -0.05) is 12.6 Å². The van der Waals surface area contributed by atoms with Gasteiger partial charge < -0.3 is 25.0 Å². The number of carbonyl (C=O) groups is 1. The van der Waals surface area contributed by atoms with Crippen molar-refractivity contribution in [1.29, 1.82) is 0 Å². The van der Waals surface area contributed by atoms with Gasteiger partial charge in [-0.2, -0.15) is 0 Å². The molecular formula is C30H29F2N5O3. The highest BCUT2D eigenvalue weighted by Gasteiger charge is 2.23. The van der Waals surface area contributed by atoms with Crippen LogP contribution >= 0.6 is 0 Å². The van der Waals surface area contributed by atoms with Gasteiger partial charge in [-0.05, 0) is 54.8 Å². The van der Waals surface area contributed by atoms with Crippen molar-refractivity contribution in [3.05, 3.63) is 79.1 Å². The zero-order valence-corrected chi connectivity index (χ0v) is 22.2. The molecule has 40 heavy (non-hydrogen) atoms. The average molecular weight is 546 g/mol. The van der Waals surface area contributed by atoms with Gasteiger partial charge in [0.25, 0.3) is 0 Å². The number of methoxy groups -OCH3 is 2. The first-order valence-electron chi connectivity index (χ1n) is 12.8. The van der Waals surface area contributed by atoms with E-state index in [2.05, 4.69) is 27.2 Å². The van der Waals surface area contributed by atoms with Gasteiger partial charge in [0.2, 0.25) is 5.91 Å². The lowest BCUT2D eigenvalue weighted by atomic mass is 10.0. The smallest absolute Gasteiger partial charge is 0.245 e. The van der Waals surface area contributed by atoms with E-state index in [9.17, 15) is 13.6 Å². The Morgan fingerprint density at radius 2 is 1.77 bits per heavy atom. The number of hydrogen-bond acceptors (Lipinski definition) is 7. The summed E-state index contributed by atoms with van der Waals surface area (Å²) >= 11 is 0. The van der Waals surface area contributed by atoms with Crippen molar-refractivity contribution in [3.8, 4) is 22.6 Å². The summed E-state index contributed by atoms with van der Waals surface area (Å²) in [6.45, 7) is 4.85. The van der Waals surface area contributed by atoms with Gasteiger partial charge in [0, 0.05) is 42.2 Å². The highest BCUT2D eigenvalue weighted by molar-refractivity contribution is 5.95. The van der Waals surface area contributed by atoms with Crippen molar-refractivity contribution in [1.82, 2.24) is 14.9 Å². The maximum atomic E-state index is 14.5. The van der Waals surface area contributed by atoms with Crippen LogP contribution < -0.4 is 20.1 Å². The van der Waals surface area contributed by atoms with E-state index < -0.39 is 11.6 Å². The topological polar surface area (TPSA) is 88.6 Å². The number of fused-ring (bicyclic) bond motifs is 1. The van der Waals surface area contributed by atoms with Gasteiger partial charge in [0.15, 0.2) is 0 Å². The quantitative estimate of drug-likeness (QED) is 0.266. The Labute approximate surface area is 230 Å². The van der Waals surface area contributed by atoms with Crippen LogP contribution in [-0.4, -0.2) is 54.1 Å². The van der Waals surface area contributed by atoms with Crippen molar-refractivity contribution < 1.29 is 23.0 Å². The molecule has 1 aliphatic heterocycles. The first kappa shape index (κ1) is 26.9. The molecule has 0 spiro atoms. The third-order valence-electron chi connectivity index (χ3n) is 6.99. The summed E-state index contributed by atoms with van der Waals surface area (Å²) in [5, 5.41) is 7.59. The van der Waals surface area contributed by atoms with Crippen LogP contribution in [0.2, 0.25) is 0 Å². The number of piperidine rings is 1. The minimum absolute atomic E-state index is 0.0590. The molecule has 1 fully saturated rings. The predicted octanol–water partition coefficient (Wildman–Crippen LogP) is 5.92. The molecule has 10 heteroatoms. The Bertz CT molecular complexity index is 1570. The molecule has 5 rings (SSSR count). The molecule has 0 unspecified atom stereocenters. The maximum absolute atomic E-state index is 14.5. The van der Waals surface area contributed by atoms with Crippen LogP contribution in [0.25, 0.3) is 22.0 Å². The van der Waals surface area contributed by atoms with Crippen LogP contribution in [0.1, 0.15) is 12.8 Å².